The topological polar surface area (TPSA) is 33.6 Å². The lowest BCUT2D eigenvalue weighted by molar-refractivity contribution is 1.09. The Balaban J connectivity index is 2.09. The third kappa shape index (κ3) is 2.08. The number of fused-ring (bicyclic) bond motifs is 1. The van der Waals surface area contributed by atoms with Gasteiger partial charge in [0, 0.05) is 34.0 Å². The maximum atomic E-state index is 4.48. The van der Waals surface area contributed by atoms with Crippen LogP contribution in [-0.4, -0.2) is 14.5 Å². The number of rotatable bonds is 2. The summed E-state index contributed by atoms with van der Waals surface area (Å²) in [5.74, 6) is 0. The summed E-state index contributed by atoms with van der Waals surface area (Å²) >= 11 is 3.51. The summed E-state index contributed by atoms with van der Waals surface area (Å²) in [5, 5.41) is 1.10. The third-order valence-corrected chi connectivity index (χ3v) is 3.95. The van der Waals surface area contributed by atoms with E-state index in [1.54, 1.807) is 0 Å². The van der Waals surface area contributed by atoms with E-state index in [0.717, 1.165) is 32.5 Å². The average Bonchev–Trinajstić information content (AvgIpc) is 3.14. The normalized spacial score (nSPS) is 11.1. The highest BCUT2D eigenvalue weighted by Gasteiger charge is 2.15. The summed E-state index contributed by atoms with van der Waals surface area (Å²) in [6, 6.07) is 16.5. The maximum Gasteiger partial charge on any atom is 0.139 e. The maximum absolute atomic E-state index is 4.48. The summed E-state index contributed by atoms with van der Waals surface area (Å²) in [4.78, 5) is 7.92. The molecule has 4 aromatic rings. The molecule has 4 rings (SSSR count). The van der Waals surface area contributed by atoms with Crippen molar-refractivity contribution in [2.24, 2.45) is 0 Å². The Morgan fingerprint density at radius 1 is 1.00 bits per heavy atom. The molecule has 1 N–H and O–H groups in total. The van der Waals surface area contributed by atoms with Gasteiger partial charge in [-0.2, -0.15) is 0 Å². The Morgan fingerprint density at radius 3 is 2.52 bits per heavy atom. The molecule has 0 bridgehead atoms. The minimum atomic E-state index is 0.890. The SMILES string of the molecule is Brc1cnc2[nH]c(-c3ccccc3)c(-n3cccc3)c2c1. The molecule has 3 aromatic heterocycles. The van der Waals surface area contributed by atoms with Crippen molar-refractivity contribution in [2.45, 2.75) is 0 Å². The molecule has 0 aliphatic rings. The first-order valence-corrected chi connectivity index (χ1v) is 7.48. The Labute approximate surface area is 130 Å². The Bertz CT molecular complexity index is 893. The van der Waals surface area contributed by atoms with Crippen LogP contribution in [0.4, 0.5) is 0 Å². The largest absolute Gasteiger partial charge is 0.337 e. The van der Waals surface area contributed by atoms with Gasteiger partial charge in [-0.15, -0.1) is 0 Å². The molecule has 0 amide bonds. The molecule has 3 nitrogen and oxygen atoms in total. The molecule has 102 valence electrons. The molecule has 0 fully saturated rings. The van der Waals surface area contributed by atoms with Crippen LogP contribution in [0.1, 0.15) is 0 Å². The van der Waals surface area contributed by atoms with Gasteiger partial charge < -0.3 is 9.55 Å². The Morgan fingerprint density at radius 2 is 1.76 bits per heavy atom. The molecular formula is C17H12BrN3. The molecule has 0 aliphatic carbocycles. The number of aromatic amines is 1. The molecule has 3 heterocycles. The summed E-state index contributed by atoms with van der Waals surface area (Å²) in [7, 11) is 0. The van der Waals surface area contributed by atoms with E-state index in [1.807, 2.05) is 36.5 Å². The van der Waals surface area contributed by atoms with Gasteiger partial charge in [0.1, 0.15) is 5.65 Å². The lowest BCUT2D eigenvalue weighted by Gasteiger charge is -2.06. The number of hydrogen-bond donors (Lipinski definition) is 1. The number of benzene rings is 1. The van der Waals surface area contributed by atoms with Crippen LogP contribution in [0.3, 0.4) is 0 Å². The van der Waals surface area contributed by atoms with Crippen LogP contribution in [0.15, 0.2) is 71.6 Å². The monoisotopic (exact) mass is 337 g/mol. The fourth-order valence-electron chi connectivity index (χ4n) is 2.60. The number of pyridine rings is 1. The first-order valence-electron chi connectivity index (χ1n) is 6.69. The minimum Gasteiger partial charge on any atom is -0.337 e. The number of nitrogens with zero attached hydrogens (tertiary/aromatic N) is 2. The van der Waals surface area contributed by atoms with Crippen molar-refractivity contribution in [1.29, 1.82) is 0 Å². The van der Waals surface area contributed by atoms with Gasteiger partial charge in [-0.1, -0.05) is 30.3 Å². The van der Waals surface area contributed by atoms with Gasteiger partial charge in [0.2, 0.25) is 0 Å². The highest BCUT2D eigenvalue weighted by Crippen LogP contribution is 2.33. The number of H-pyrrole nitrogens is 1. The second kappa shape index (κ2) is 4.90. The summed E-state index contributed by atoms with van der Waals surface area (Å²) in [6.07, 6.45) is 5.92. The second-order valence-corrected chi connectivity index (χ2v) is 5.77. The molecule has 1 aromatic carbocycles. The van der Waals surface area contributed by atoms with E-state index in [9.17, 15) is 0 Å². The van der Waals surface area contributed by atoms with Crippen molar-refractivity contribution in [1.82, 2.24) is 14.5 Å². The zero-order valence-corrected chi connectivity index (χ0v) is 12.7. The number of halogens is 1. The molecule has 0 unspecified atom stereocenters. The highest BCUT2D eigenvalue weighted by atomic mass is 79.9. The molecule has 0 saturated carbocycles. The molecule has 0 radical (unpaired) electrons. The van der Waals surface area contributed by atoms with E-state index in [-0.39, 0.29) is 0 Å². The van der Waals surface area contributed by atoms with E-state index >= 15 is 0 Å². The van der Waals surface area contributed by atoms with E-state index < -0.39 is 0 Å². The van der Waals surface area contributed by atoms with Crippen molar-refractivity contribution in [3.8, 4) is 16.9 Å². The summed E-state index contributed by atoms with van der Waals surface area (Å²) < 4.78 is 3.09. The number of hydrogen-bond acceptors (Lipinski definition) is 1. The number of nitrogens with one attached hydrogen (secondary N) is 1. The van der Waals surface area contributed by atoms with Crippen molar-refractivity contribution in [2.75, 3.05) is 0 Å². The fourth-order valence-corrected chi connectivity index (χ4v) is 2.93. The molecule has 0 spiro atoms. The first-order chi connectivity index (χ1) is 10.3. The Hall–Kier alpha value is -2.33. The van der Waals surface area contributed by atoms with Gasteiger partial charge in [0.15, 0.2) is 0 Å². The standard InChI is InChI=1S/C17H12BrN3/c18-13-10-14-16(21-8-4-5-9-21)15(20-17(14)19-11-13)12-6-2-1-3-7-12/h1-11H,(H,19,20). The highest BCUT2D eigenvalue weighted by molar-refractivity contribution is 9.10. The van der Waals surface area contributed by atoms with E-state index in [1.165, 1.54) is 0 Å². The van der Waals surface area contributed by atoms with Gasteiger partial charge in [-0.3, -0.25) is 0 Å². The van der Waals surface area contributed by atoms with E-state index in [0.29, 0.717) is 0 Å². The van der Waals surface area contributed by atoms with Crippen molar-refractivity contribution >= 4 is 27.0 Å². The van der Waals surface area contributed by atoms with Crippen molar-refractivity contribution < 1.29 is 0 Å². The molecule has 0 atom stereocenters. The predicted octanol–water partition coefficient (Wildman–Crippen LogP) is 4.78. The predicted molar refractivity (Wildman–Crippen MR) is 88.6 cm³/mol. The fraction of sp³-hybridized carbons (Fsp3) is 0. The minimum absolute atomic E-state index is 0.890. The van der Waals surface area contributed by atoms with Crippen molar-refractivity contribution in [3.63, 3.8) is 0 Å². The summed E-state index contributed by atoms with van der Waals surface area (Å²) in [5.41, 5.74) is 4.23. The lowest BCUT2D eigenvalue weighted by Crippen LogP contribution is -1.91. The van der Waals surface area contributed by atoms with Gasteiger partial charge in [-0.05, 0) is 34.1 Å². The molecule has 0 saturated heterocycles. The van der Waals surface area contributed by atoms with E-state index in [4.69, 9.17) is 0 Å². The zero-order chi connectivity index (χ0) is 14.2. The first kappa shape index (κ1) is 12.4. The van der Waals surface area contributed by atoms with Crippen LogP contribution in [0.25, 0.3) is 28.0 Å². The third-order valence-electron chi connectivity index (χ3n) is 3.51. The smallest absolute Gasteiger partial charge is 0.139 e. The van der Waals surface area contributed by atoms with Gasteiger partial charge >= 0.3 is 0 Å². The molecule has 0 aliphatic heterocycles. The lowest BCUT2D eigenvalue weighted by atomic mass is 10.1. The quantitative estimate of drug-likeness (QED) is 0.560. The van der Waals surface area contributed by atoms with Gasteiger partial charge in [-0.25, -0.2) is 4.98 Å². The van der Waals surface area contributed by atoms with Crippen LogP contribution in [0.2, 0.25) is 0 Å². The molecule has 4 heteroatoms. The van der Waals surface area contributed by atoms with Crippen molar-refractivity contribution in [3.05, 3.63) is 71.6 Å². The average molecular weight is 338 g/mol. The van der Waals surface area contributed by atoms with E-state index in [2.05, 4.69) is 61.1 Å². The summed E-state index contributed by atoms with van der Waals surface area (Å²) in [6.45, 7) is 0. The van der Waals surface area contributed by atoms with Gasteiger partial charge in [0.25, 0.3) is 0 Å². The van der Waals surface area contributed by atoms with Crippen LogP contribution in [0, 0.1) is 0 Å². The van der Waals surface area contributed by atoms with Crippen LogP contribution in [-0.2, 0) is 0 Å². The second-order valence-electron chi connectivity index (χ2n) is 4.85. The van der Waals surface area contributed by atoms with Crippen LogP contribution in [0.5, 0.6) is 0 Å². The molecule has 21 heavy (non-hydrogen) atoms. The van der Waals surface area contributed by atoms with Gasteiger partial charge in [0.05, 0.1) is 11.4 Å². The van der Waals surface area contributed by atoms with Crippen LogP contribution < -0.4 is 0 Å². The zero-order valence-electron chi connectivity index (χ0n) is 11.1. The Kier molecular flexibility index (Phi) is 2.89. The number of aromatic nitrogens is 3. The van der Waals surface area contributed by atoms with Crippen LogP contribution >= 0.6 is 15.9 Å². The molecular weight excluding hydrogens is 326 g/mol.